The van der Waals surface area contributed by atoms with Gasteiger partial charge in [-0.25, -0.2) is 4.98 Å². The lowest BCUT2D eigenvalue weighted by molar-refractivity contribution is 0.105. The third-order valence-corrected chi connectivity index (χ3v) is 5.25. The second-order valence-electron chi connectivity index (χ2n) is 6.66. The van der Waals surface area contributed by atoms with Gasteiger partial charge in [0.05, 0.1) is 6.61 Å². The fourth-order valence-corrected chi connectivity index (χ4v) is 4.10. The van der Waals surface area contributed by atoms with Crippen LogP contribution in [0.3, 0.4) is 0 Å². The van der Waals surface area contributed by atoms with Gasteiger partial charge in [-0.15, -0.1) is 0 Å². The summed E-state index contributed by atoms with van der Waals surface area (Å²) >= 11 is 0. The van der Waals surface area contributed by atoms with Crippen LogP contribution in [0.1, 0.15) is 31.4 Å². The molecule has 0 spiro atoms. The quantitative estimate of drug-likeness (QED) is 0.906. The van der Waals surface area contributed by atoms with Gasteiger partial charge in [-0.05, 0) is 39.2 Å². The van der Waals surface area contributed by atoms with Crippen molar-refractivity contribution in [2.24, 2.45) is 0 Å². The SMILES string of the molecule is Cc1cc(N2CCC(N3CCCC3CO)CC2)n2ncnc2n1. The third-order valence-electron chi connectivity index (χ3n) is 5.25. The van der Waals surface area contributed by atoms with Crippen LogP contribution in [0.5, 0.6) is 0 Å². The Kier molecular flexibility index (Phi) is 3.90. The summed E-state index contributed by atoms with van der Waals surface area (Å²) in [5, 5.41) is 13.9. The highest BCUT2D eigenvalue weighted by molar-refractivity contribution is 5.47. The van der Waals surface area contributed by atoms with Crippen LogP contribution in [0.2, 0.25) is 0 Å². The summed E-state index contributed by atoms with van der Waals surface area (Å²) in [6.45, 7) is 5.46. The van der Waals surface area contributed by atoms with Crippen LogP contribution < -0.4 is 4.90 Å². The Labute approximate surface area is 135 Å². The molecule has 1 N–H and O–H groups in total. The summed E-state index contributed by atoms with van der Waals surface area (Å²) in [4.78, 5) is 13.5. The first kappa shape index (κ1) is 14.8. The molecular formula is C16H24N6O. The maximum atomic E-state index is 9.54. The molecule has 4 heterocycles. The molecule has 0 amide bonds. The molecule has 2 fully saturated rings. The Morgan fingerprint density at radius 1 is 1.22 bits per heavy atom. The highest BCUT2D eigenvalue weighted by Crippen LogP contribution is 2.28. The van der Waals surface area contributed by atoms with E-state index in [9.17, 15) is 5.11 Å². The van der Waals surface area contributed by atoms with Crippen molar-refractivity contribution < 1.29 is 5.11 Å². The van der Waals surface area contributed by atoms with E-state index in [1.165, 1.54) is 6.42 Å². The molecule has 0 bridgehead atoms. The van der Waals surface area contributed by atoms with Crippen molar-refractivity contribution in [3.8, 4) is 0 Å². The molecule has 23 heavy (non-hydrogen) atoms. The molecule has 2 aliphatic heterocycles. The Morgan fingerprint density at radius 2 is 2.04 bits per heavy atom. The minimum absolute atomic E-state index is 0.295. The first-order chi connectivity index (χ1) is 11.3. The summed E-state index contributed by atoms with van der Waals surface area (Å²) in [7, 11) is 0. The number of aromatic nitrogens is 4. The van der Waals surface area contributed by atoms with Gasteiger partial charge >= 0.3 is 0 Å². The molecule has 7 nitrogen and oxygen atoms in total. The lowest BCUT2D eigenvalue weighted by Gasteiger charge is -2.39. The topological polar surface area (TPSA) is 69.8 Å². The Balaban J connectivity index is 1.50. The van der Waals surface area contributed by atoms with Crippen molar-refractivity contribution in [3.05, 3.63) is 18.1 Å². The zero-order chi connectivity index (χ0) is 15.8. The van der Waals surface area contributed by atoms with Gasteiger partial charge in [0.2, 0.25) is 0 Å². The lowest BCUT2D eigenvalue weighted by Crippen LogP contribution is -2.48. The first-order valence-electron chi connectivity index (χ1n) is 8.55. The smallest absolute Gasteiger partial charge is 0.254 e. The largest absolute Gasteiger partial charge is 0.395 e. The second-order valence-corrected chi connectivity index (χ2v) is 6.66. The number of likely N-dealkylation sites (tertiary alicyclic amines) is 1. The molecule has 1 atom stereocenters. The molecule has 1 unspecified atom stereocenters. The molecule has 0 aromatic carbocycles. The summed E-state index contributed by atoms with van der Waals surface area (Å²) in [6.07, 6.45) is 6.19. The van der Waals surface area contributed by atoms with Crippen molar-refractivity contribution >= 4 is 11.6 Å². The van der Waals surface area contributed by atoms with Gasteiger partial charge < -0.3 is 10.0 Å². The number of hydrogen-bond donors (Lipinski definition) is 1. The predicted molar refractivity (Wildman–Crippen MR) is 87.6 cm³/mol. The molecule has 0 radical (unpaired) electrons. The van der Waals surface area contributed by atoms with Gasteiger partial charge in [-0.2, -0.15) is 14.6 Å². The Bertz CT molecular complexity index is 678. The number of hydrogen-bond acceptors (Lipinski definition) is 6. The number of piperidine rings is 1. The highest BCUT2D eigenvalue weighted by Gasteiger charge is 2.32. The average molecular weight is 316 g/mol. The molecule has 2 aromatic heterocycles. The molecule has 4 rings (SSSR count). The van der Waals surface area contributed by atoms with Crippen molar-refractivity contribution in [1.82, 2.24) is 24.5 Å². The van der Waals surface area contributed by atoms with E-state index in [1.807, 2.05) is 11.4 Å². The van der Waals surface area contributed by atoms with E-state index >= 15 is 0 Å². The summed E-state index contributed by atoms with van der Waals surface area (Å²) in [5.74, 6) is 1.76. The van der Waals surface area contributed by atoms with Crippen LogP contribution >= 0.6 is 0 Å². The maximum absolute atomic E-state index is 9.54. The summed E-state index contributed by atoms with van der Waals surface area (Å²) in [5.41, 5.74) is 0.975. The average Bonchev–Trinajstić information content (AvgIpc) is 3.22. The Morgan fingerprint density at radius 3 is 2.83 bits per heavy atom. The van der Waals surface area contributed by atoms with E-state index in [0.717, 1.165) is 50.4 Å². The fourth-order valence-electron chi connectivity index (χ4n) is 4.10. The van der Waals surface area contributed by atoms with Crippen LogP contribution in [0, 0.1) is 6.92 Å². The maximum Gasteiger partial charge on any atom is 0.254 e. The van der Waals surface area contributed by atoms with Crippen molar-refractivity contribution in [3.63, 3.8) is 0 Å². The van der Waals surface area contributed by atoms with E-state index in [1.54, 1.807) is 6.33 Å². The monoisotopic (exact) mass is 316 g/mol. The zero-order valence-corrected chi connectivity index (χ0v) is 13.6. The van der Waals surface area contributed by atoms with Crippen LogP contribution in [-0.4, -0.2) is 67.9 Å². The van der Waals surface area contributed by atoms with Gasteiger partial charge in [-0.3, -0.25) is 4.90 Å². The standard InChI is InChI=1S/C16H24N6O/c1-12-9-15(22-16(19-12)17-11-18-22)20-7-4-13(5-8-20)21-6-2-3-14(21)10-23/h9,11,13-14,23H,2-8,10H2,1H3. The number of aliphatic hydroxyl groups is 1. The van der Waals surface area contributed by atoms with Crippen LogP contribution in [0.4, 0.5) is 5.82 Å². The van der Waals surface area contributed by atoms with E-state index < -0.39 is 0 Å². The number of rotatable bonds is 3. The van der Waals surface area contributed by atoms with Gasteiger partial charge in [0.15, 0.2) is 0 Å². The van der Waals surface area contributed by atoms with Crippen molar-refractivity contribution in [2.45, 2.75) is 44.7 Å². The van der Waals surface area contributed by atoms with Gasteiger partial charge in [0.1, 0.15) is 12.1 Å². The molecule has 0 aliphatic carbocycles. The molecule has 7 heteroatoms. The van der Waals surface area contributed by atoms with E-state index in [0.29, 0.717) is 24.5 Å². The zero-order valence-electron chi connectivity index (χ0n) is 13.6. The Hall–Kier alpha value is -1.73. The predicted octanol–water partition coefficient (Wildman–Crippen LogP) is 0.858. The molecule has 2 saturated heterocycles. The van der Waals surface area contributed by atoms with Crippen LogP contribution in [0.25, 0.3) is 5.78 Å². The highest BCUT2D eigenvalue weighted by atomic mass is 16.3. The molecule has 124 valence electrons. The van der Waals surface area contributed by atoms with Crippen LogP contribution in [-0.2, 0) is 0 Å². The molecule has 2 aromatic rings. The molecule has 0 saturated carbocycles. The minimum atomic E-state index is 0.295. The minimum Gasteiger partial charge on any atom is -0.395 e. The first-order valence-corrected chi connectivity index (χ1v) is 8.55. The van der Waals surface area contributed by atoms with Gasteiger partial charge in [0, 0.05) is 36.9 Å². The number of fused-ring (bicyclic) bond motifs is 1. The van der Waals surface area contributed by atoms with E-state index in [-0.39, 0.29) is 0 Å². The number of anilines is 1. The van der Waals surface area contributed by atoms with Crippen molar-refractivity contribution in [2.75, 3.05) is 31.1 Å². The number of aryl methyl sites for hydroxylation is 1. The fraction of sp³-hybridized carbons (Fsp3) is 0.688. The number of aliphatic hydroxyl groups excluding tert-OH is 1. The molecular weight excluding hydrogens is 292 g/mol. The van der Waals surface area contributed by atoms with Crippen LogP contribution in [0.15, 0.2) is 12.4 Å². The third kappa shape index (κ3) is 2.68. The lowest BCUT2D eigenvalue weighted by atomic mass is 10.0. The second kappa shape index (κ2) is 6.05. The van der Waals surface area contributed by atoms with Gasteiger partial charge in [-0.1, -0.05) is 0 Å². The molecule has 2 aliphatic rings. The normalized spacial score (nSPS) is 23.9. The summed E-state index contributed by atoms with van der Waals surface area (Å²) in [6, 6.07) is 3.06. The number of nitrogens with zero attached hydrogens (tertiary/aromatic N) is 6. The van der Waals surface area contributed by atoms with E-state index in [2.05, 4.69) is 30.9 Å². The van der Waals surface area contributed by atoms with E-state index in [4.69, 9.17) is 0 Å². The summed E-state index contributed by atoms with van der Waals surface area (Å²) < 4.78 is 1.83. The van der Waals surface area contributed by atoms with Gasteiger partial charge in [0.25, 0.3) is 5.78 Å². The van der Waals surface area contributed by atoms with Crippen molar-refractivity contribution in [1.29, 1.82) is 0 Å².